The Morgan fingerprint density at radius 2 is 1.84 bits per heavy atom. The van der Waals surface area contributed by atoms with E-state index in [4.69, 9.17) is 9.47 Å². The van der Waals surface area contributed by atoms with Gasteiger partial charge in [-0.05, 0) is 36.4 Å². The van der Waals surface area contributed by atoms with Gasteiger partial charge in [-0.2, -0.15) is 5.10 Å². The summed E-state index contributed by atoms with van der Waals surface area (Å²) in [5.74, 6) is 0.407. The molecule has 1 N–H and O–H groups in total. The number of methoxy groups -OCH3 is 2. The Morgan fingerprint density at radius 1 is 1.09 bits per heavy atom. The van der Waals surface area contributed by atoms with E-state index < -0.39 is 0 Å². The molecule has 2 heterocycles. The van der Waals surface area contributed by atoms with Crippen LogP contribution in [-0.2, 0) is 11.3 Å². The number of carbonyl (C=O) groups is 1. The highest BCUT2D eigenvalue weighted by atomic mass is 19.1. The minimum absolute atomic E-state index is 0.0630. The second-order valence-corrected chi connectivity index (χ2v) is 6.88. The summed E-state index contributed by atoms with van der Waals surface area (Å²) in [6.07, 6.45) is 2.85. The second kappa shape index (κ2) is 8.88. The molecule has 4 rings (SSSR count). The smallest absolute Gasteiger partial charge is 0.264 e. The minimum atomic E-state index is -0.369. The van der Waals surface area contributed by atoms with Crippen LogP contribution in [0.5, 0.6) is 11.5 Å². The number of nitrogens with one attached hydrogen (secondary N) is 1. The standard InChI is InChI=1S/C22H20FN5O4/c1-31-18-8-5-15(11-19(18)32-2)26-20(29)9-10-27-13-24-21-17(22(27)30)12-25-28(21)16-6-3-14(23)4-7-16/h3-8,11-13H,9-10H2,1-2H3,(H,26,29). The van der Waals surface area contributed by atoms with Crippen LogP contribution in [0, 0.1) is 5.82 Å². The molecule has 2 aromatic heterocycles. The molecule has 4 aromatic rings. The van der Waals surface area contributed by atoms with E-state index in [2.05, 4.69) is 15.4 Å². The Balaban J connectivity index is 1.48. The van der Waals surface area contributed by atoms with Gasteiger partial charge in [-0.3, -0.25) is 14.2 Å². The first-order valence-corrected chi connectivity index (χ1v) is 9.71. The van der Waals surface area contributed by atoms with Crippen LogP contribution in [0.25, 0.3) is 16.7 Å². The van der Waals surface area contributed by atoms with Crippen molar-refractivity contribution in [3.8, 4) is 17.2 Å². The number of fused-ring (bicyclic) bond motifs is 1. The van der Waals surface area contributed by atoms with Gasteiger partial charge in [0.15, 0.2) is 17.1 Å². The first-order valence-electron chi connectivity index (χ1n) is 9.71. The number of hydrogen-bond acceptors (Lipinski definition) is 6. The van der Waals surface area contributed by atoms with Crippen molar-refractivity contribution in [3.05, 3.63) is 71.2 Å². The number of aryl methyl sites for hydroxylation is 1. The fraction of sp³-hybridized carbons (Fsp3) is 0.182. The number of hydrogen-bond donors (Lipinski definition) is 1. The third-order valence-corrected chi connectivity index (χ3v) is 4.87. The van der Waals surface area contributed by atoms with Crippen LogP contribution in [0.2, 0.25) is 0 Å². The molecule has 164 valence electrons. The lowest BCUT2D eigenvalue weighted by Crippen LogP contribution is -2.23. The van der Waals surface area contributed by atoms with Gasteiger partial charge in [-0.15, -0.1) is 0 Å². The number of benzene rings is 2. The van der Waals surface area contributed by atoms with Crippen LogP contribution in [0.4, 0.5) is 10.1 Å². The SMILES string of the molecule is COc1ccc(NC(=O)CCn2cnc3c(cnn3-c3ccc(F)cc3)c2=O)cc1OC. The lowest BCUT2D eigenvalue weighted by atomic mass is 10.2. The summed E-state index contributed by atoms with van der Waals surface area (Å²) in [4.78, 5) is 29.5. The Labute approximate surface area is 182 Å². The summed E-state index contributed by atoms with van der Waals surface area (Å²) in [6.45, 7) is 0.141. The highest BCUT2D eigenvalue weighted by Gasteiger charge is 2.13. The Bertz CT molecular complexity index is 1330. The Kier molecular flexibility index (Phi) is 5.84. The van der Waals surface area contributed by atoms with Crippen LogP contribution in [0.1, 0.15) is 6.42 Å². The molecule has 9 nitrogen and oxygen atoms in total. The second-order valence-electron chi connectivity index (χ2n) is 6.88. The van der Waals surface area contributed by atoms with Crippen molar-refractivity contribution >= 4 is 22.6 Å². The maximum atomic E-state index is 13.2. The van der Waals surface area contributed by atoms with E-state index in [0.717, 1.165) is 0 Å². The monoisotopic (exact) mass is 437 g/mol. The van der Waals surface area contributed by atoms with Crippen LogP contribution in [0.3, 0.4) is 0 Å². The summed E-state index contributed by atoms with van der Waals surface area (Å²) >= 11 is 0. The molecule has 0 bridgehead atoms. The molecule has 0 fully saturated rings. The molecule has 0 aliphatic carbocycles. The van der Waals surface area contributed by atoms with Gasteiger partial charge in [0.1, 0.15) is 11.2 Å². The summed E-state index contributed by atoms with van der Waals surface area (Å²) in [7, 11) is 3.04. The zero-order valence-electron chi connectivity index (χ0n) is 17.4. The quantitative estimate of drug-likeness (QED) is 0.477. The van der Waals surface area contributed by atoms with E-state index in [1.165, 1.54) is 48.1 Å². The first kappa shape index (κ1) is 21.0. The minimum Gasteiger partial charge on any atom is -0.493 e. The number of aromatic nitrogens is 4. The molecule has 0 spiro atoms. The molecule has 2 aromatic carbocycles. The van der Waals surface area contributed by atoms with Gasteiger partial charge in [-0.25, -0.2) is 14.1 Å². The molecule has 0 unspecified atom stereocenters. The molecule has 0 radical (unpaired) electrons. The fourth-order valence-corrected chi connectivity index (χ4v) is 3.24. The van der Waals surface area contributed by atoms with Gasteiger partial charge < -0.3 is 14.8 Å². The van der Waals surface area contributed by atoms with E-state index in [0.29, 0.717) is 33.9 Å². The van der Waals surface area contributed by atoms with Gasteiger partial charge in [0.2, 0.25) is 5.91 Å². The first-order chi connectivity index (χ1) is 15.5. The number of rotatable bonds is 7. The van der Waals surface area contributed by atoms with Crippen molar-refractivity contribution in [2.75, 3.05) is 19.5 Å². The van der Waals surface area contributed by atoms with Gasteiger partial charge in [0.25, 0.3) is 5.56 Å². The van der Waals surface area contributed by atoms with E-state index in [1.54, 1.807) is 30.3 Å². The summed E-state index contributed by atoms with van der Waals surface area (Å²) < 4.78 is 26.4. The van der Waals surface area contributed by atoms with Crippen molar-refractivity contribution in [1.82, 2.24) is 19.3 Å². The van der Waals surface area contributed by atoms with Crippen molar-refractivity contribution in [3.63, 3.8) is 0 Å². The van der Waals surface area contributed by atoms with E-state index in [1.807, 2.05) is 0 Å². The average Bonchev–Trinajstić information content (AvgIpc) is 3.24. The van der Waals surface area contributed by atoms with Crippen molar-refractivity contribution in [1.29, 1.82) is 0 Å². The molecule has 32 heavy (non-hydrogen) atoms. The molecular formula is C22H20FN5O4. The average molecular weight is 437 g/mol. The lowest BCUT2D eigenvalue weighted by molar-refractivity contribution is -0.116. The topological polar surface area (TPSA) is 100 Å². The van der Waals surface area contributed by atoms with Crippen LogP contribution < -0.4 is 20.3 Å². The van der Waals surface area contributed by atoms with E-state index in [-0.39, 0.29) is 30.2 Å². The van der Waals surface area contributed by atoms with Crippen LogP contribution in [-0.4, -0.2) is 39.5 Å². The van der Waals surface area contributed by atoms with Crippen LogP contribution in [0.15, 0.2) is 59.8 Å². The molecule has 0 atom stereocenters. The lowest BCUT2D eigenvalue weighted by Gasteiger charge is -2.11. The summed E-state index contributed by atoms with van der Waals surface area (Å²) in [6, 6.07) is 10.8. The van der Waals surface area contributed by atoms with Gasteiger partial charge in [0, 0.05) is 24.7 Å². The third kappa shape index (κ3) is 4.15. The number of halogens is 1. The van der Waals surface area contributed by atoms with Crippen molar-refractivity contribution < 1.29 is 18.7 Å². The molecule has 1 amide bonds. The normalized spacial score (nSPS) is 10.8. The van der Waals surface area contributed by atoms with E-state index in [9.17, 15) is 14.0 Å². The van der Waals surface area contributed by atoms with Crippen LogP contribution >= 0.6 is 0 Å². The molecule has 0 saturated heterocycles. The van der Waals surface area contributed by atoms with E-state index >= 15 is 0 Å². The number of anilines is 1. The number of nitrogens with zero attached hydrogens (tertiary/aromatic N) is 4. The molecule has 0 aliphatic heterocycles. The predicted octanol–water partition coefficient (Wildman–Crippen LogP) is 2.77. The third-order valence-electron chi connectivity index (χ3n) is 4.87. The zero-order valence-corrected chi connectivity index (χ0v) is 17.4. The summed E-state index contributed by atoms with van der Waals surface area (Å²) in [5, 5.41) is 7.27. The largest absolute Gasteiger partial charge is 0.493 e. The fourth-order valence-electron chi connectivity index (χ4n) is 3.24. The number of amides is 1. The molecular weight excluding hydrogens is 417 g/mol. The van der Waals surface area contributed by atoms with Gasteiger partial charge in [-0.1, -0.05) is 0 Å². The maximum absolute atomic E-state index is 13.2. The zero-order chi connectivity index (χ0) is 22.7. The maximum Gasteiger partial charge on any atom is 0.264 e. The Morgan fingerprint density at radius 3 is 2.56 bits per heavy atom. The number of ether oxygens (including phenoxy) is 2. The van der Waals surface area contributed by atoms with Crippen molar-refractivity contribution in [2.24, 2.45) is 0 Å². The van der Waals surface area contributed by atoms with Crippen molar-refractivity contribution in [2.45, 2.75) is 13.0 Å². The van der Waals surface area contributed by atoms with Gasteiger partial charge in [0.05, 0.1) is 32.4 Å². The van der Waals surface area contributed by atoms with Gasteiger partial charge >= 0.3 is 0 Å². The summed E-state index contributed by atoms with van der Waals surface area (Å²) in [5.41, 5.74) is 1.17. The molecule has 10 heteroatoms. The molecule has 0 aliphatic rings. The highest BCUT2D eigenvalue weighted by Crippen LogP contribution is 2.29. The highest BCUT2D eigenvalue weighted by molar-refractivity contribution is 5.91. The molecule has 0 saturated carbocycles. The Hall–Kier alpha value is -4.21. The number of carbonyl (C=O) groups excluding carboxylic acids is 1. The predicted molar refractivity (Wildman–Crippen MR) is 116 cm³/mol.